The van der Waals surface area contributed by atoms with Gasteiger partial charge in [0.05, 0.1) is 6.54 Å². The van der Waals surface area contributed by atoms with Crippen molar-refractivity contribution in [3.05, 3.63) is 18.2 Å². The van der Waals surface area contributed by atoms with Crippen LogP contribution in [0, 0.1) is 5.92 Å². The summed E-state index contributed by atoms with van der Waals surface area (Å²) in [6.07, 6.45) is 1.64. The first-order chi connectivity index (χ1) is 12.6. The molecule has 3 rings (SSSR count). The van der Waals surface area contributed by atoms with Crippen molar-refractivity contribution in [1.82, 2.24) is 10.2 Å². The number of anilines is 1. The van der Waals surface area contributed by atoms with Crippen molar-refractivity contribution in [1.29, 1.82) is 0 Å². The number of amides is 2. The highest BCUT2D eigenvalue weighted by atomic mass is 16.6. The number of carbonyl (C=O) groups excluding carboxylic acids is 2. The van der Waals surface area contributed by atoms with Gasteiger partial charge in [-0.1, -0.05) is 0 Å². The molecular formula is C19H27N3O4. The molecule has 2 aliphatic rings. The van der Waals surface area contributed by atoms with Crippen molar-refractivity contribution in [3.8, 4) is 11.5 Å². The predicted molar refractivity (Wildman–Crippen MR) is 98.5 cm³/mol. The lowest BCUT2D eigenvalue weighted by molar-refractivity contribution is -0.139. The van der Waals surface area contributed by atoms with Gasteiger partial charge in [0.2, 0.25) is 11.8 Å². The molecule has 2 atom stereocenters. The number of ether oxygens (including phenoxy) is 2. The third-order valence-electron chi connectivity index (χ3n) is 4.83. The van der Waals surface area contributed by atoms with Gasteiger partial charge in [0.15, 0.2) is 11.5 Å². The summed E-state index contributed by atoms with van der Waals surface area (Å²) in [5, 5.41) is 6.19. The maximum atomic E-state index is 12.7. The highest BCUT2D eigenvalue weighted by Crippen LogP contribution is 2.32. The van der Waals surface area contributed by atoms with Crippen molar-refractivity contribution in [2.75, 3.05) is 38.2 Å². The number of rotatable bonds is 5. The Morgan fingerprint density at radius 2 is 2.04 bits per heavy atom. The maximum Gasteiger partial charge on any atom is 0.243 e. The average Bonchev–Trinajstić information content (AvgIpc) is 2.65. The van der Waals surface area contributed by atoms with Crippen LogP contribution in [0.25, 0.3) is 0 Å². The number of piperidine rings is 1. The van der Waals surface area contributed by atoms with E-state index in [0.29, 0.717) is 43.0 Å². The molecule has 0 bridgehead atoms. The highest BCUT2D eigenvalue weighted by Gasteiger charge is 2.28. The van der Waals surface area contributed by atoms with E-state index in [9.17, 15) is 9.59 Å². The molecule has 0 spiro atoms. The van der Waals surface area contributed by atoms with Crippen molar-refractivity contribution in [2.24, 2.45) is 5.92 Å². The molecule has 2 aliphatic heterocycles. The van der Waals surface area contributed by atoms with Gasteiger partial charge in [0.1, 0.15) is 13.2 Å². The molecule has 0 radical (unpaired) electrons. The molecule has 1 aromatic carbocycles. The fourth-order valence-electron chi connectivity index (χ4n) is 3.45. The molecule has 0 aromatic heterocycles. The maximum absolute atomic E-state index is 12.7. The van der Waals surface area contributed by atoms with Crippen LogP contribution in [0.15, 0.2) is 18.2 Å². The van der Waals surface area contributed by atoms with Crippen molar-refractivity contribution in [2.45, 2.75) is 32.7 Å². The number of fused-ring (bicyclic) bond motifs is 1. The Balaban J connectivity index is 1.58. The van der Waals surface area contributed by atoms with Crippen LogP contribution in [0.1, 0.15) is 26.7 Å². The van der Waals surface area contributed by atoms with E-state index >= 15 is 0 Å². The van der Waals surface area contributed by atoms with Gasteiger partial charge >= 0.3 is 0 Å². The molecular weight excluding hydrogens is 334 g/mol. The Labute approximate surface area is 154 Å². The zero-order valence-corrected chi connectivity index (χ0v) is 15.4. The van der Waals surface area contributed by atoms with Gasteiger partial charge in [-0.2, -0.15) is 0 Å². The van der Waals surface area contributed by atoms with Crippen LogP contribution in [-0.2, 0) is 9.59 Å². The second kappa shape index (κ2) is 8.40. The summed E-state index contributed by atoms with van der Waals surface area (Å²) in [6, 6.07) is 5.64. The monoisotopic (exact) mass is 361 g/mol. The number of hydrogen-bond acceptors (Lipinski definition) is 5. The van der Waals surface area contributed by atoms with Crippen molar-refractivity contribution in [3.63, 3.8) is 0 Å². The number of carbonyl (C=O) groups is 2. The lowest BCUT2D eigenvalue weighted by Crippen LogP contribution is -2.46. The zero-order valence-electron chi connectivity index (χ0n) is 15.4. The summed E-state index contributed by atoms with van der Waals surface area (Å²) in [7, 11) is 0. The van der Waals surface area contributed by atoms with Crippen LogP contribution in [0.5, 0.6) is 11.5 Å². The minimum absolute atomic E-state index is 0.00621. The first-order valence-corrected chi connectivity index (χ1v) is 9.28. The molecule has 142 valence electrons. The summed E-state index contributed by atoms with van der Waals surface area (Å²) in [5.41, 5.74) is 0.637. The van der Waals surface area contributed by atoms with Crippen LogP contribution in [0.4, 0.5) is 5.69 Å². The summed E-state index contributed by atoms with van der Waals surface area (Å²) in [6.45, 7) is 6.44. The second-order valence-corrected chi connectivity index (χ2v) is 6.84. The molecule has 0 aliphatic carbocycles. The molecule has 7 heteroatoms. The van der Waals surface area contributed by atoms with E-state index < -0.39 is 0 Å². The van der Waals surface area contributed by atoms with Crippen LogP contribution in [0.2, 0.25) is 0 Å². The number of nitrogens with one attached hydrogen (secondary N) is 2. The fraction of sp³-hybridized carbons (Fsp3) is 0.579. The molecule has 0 unspecified atom stereocenters. The SMILES string of the molecule is CCN(CC(=O)Nc1ccc2c(c1)OCCO2)C(=O)[C@H]1CCN[C@@H](C)C1. The normalized spacial score (nSPS) is 21.8. The first-order valence-electron chi connectivity index (χ1n) is 9.28. The predicted octanol–water partition coefficient (Wildman–Crippen LogP) is 1.63. The lowest BCUT2D eigenvalue weighted by Gasteiger charge is -2.31. The van der Waals surface area contributed by atoms with Crippen molar-refractivity contribution < 1.29 is 19.1 Å². The van der Waals surface area contributed by atoms with E-state index in [1.807, 2.05) is 6.92 Å². The Bertz CT molecular complexity index is 664. The van der Waals surface area contributed by atoms with Gasteiger partial charge in [-0.05, 0) is 45.4 Å². The van der Waals surface area contributed by atoms with Gasteiger partial charge < -0.3 is 25.0 Å². The van der Waals surface area contributed by atoms with Gasteiger partial charge in [-0.15, -0.1) is 0 Å². The molecule has 0 saturated carbocycles. The molecule has 1 fully saturated rings. The third kappa shape index (κ3) is 4.46. The molecule has 1 aromatic rings. The van der Waals surface area contributed by atoms with Gasteiger partial charge in [-0.3, -0.25) is 9.59 Å². The van der Waals surface area contributed by atoms with Crippen LogP contribution >= 0.6 is 0 Å². The number of likely N-dealkylation sites (N-methyl/N-ethyl adjacent to an activating group) is 1. The fourth-order valence-corrected chi connectivity index (χ4v) is 3.45. The highest BCUT2D eigenvalue weighted by molar-refractivity contribution is 5.95. The van der Waals surface area contributed by atoms with E-state index in [2.05, 4.69) is 17.6 Å². The largest absolute Gasteiger partial charge is 0.486 e. The Hall–Kier alpha value is -2.28. The first kappa shape index (κ1) is 18.5. The average molecular weight is 361 g/mol. The standard InChI is InChI=1S/C19H27N3O4/c1-3-22(19(24)14-6-7-20-13(2)10-14)12-18(23)21-15-4-5-16-17(11-15)26-9-8-25-16/h4-5,11,13-14,20H,3,6-10,12H2,1-2H3,(H,21,23)/t13-,14-/m0/s1. The smallest absolute Gasteiger partial charge is 0.243 e. The van der Waals surface area contributed by atoms with Gasteiger partial charge in [0.25, 0.3) is 0 Å². The summed E-state index contributed by atoms with van der Waals surface area (Å²) in [4.78, 5) is 26.8. The Morgan fingerprint density at radius 1 is 1.27 bits per heavy atom. The van der Waals surface area contributed by atoms with E-state index in [-0.39, 0.29) is 24.3 Å². The molecule has 2 heterocycles. The molecule has 1 saturated heterocycles. The second-order valence-electron chi connectivity index (χ2n) is 6.84. The number of benzene rings is 1. The van der Waals surface area contributed by atoms with E-state index in [0.717, 1.165) is 19.4 Å². The summed E-state index contributed by atoms with van der Waals surface area (Å²) >= 11 is 0. The summed E-state index contributed by atoms with van der Waals surface area (Å²) in [5.74, 6) is 1.16. The number of hydrogen-bond donors (Lipinski definition) is 2. The molecule has 7 nitrogen and oxygen atoms in total. The van der Waals surface area contributed by atoms with Crippen molar-refractivity contribution >= 4 is 17.5 Å². The van der Waals surface area contributed by atoms with Crippen LogP contribution in [-0.4, -0.2) is 55.6 Å². The van der Waals surface area contributed by atoms with Gasteiger partial charge in [-0.25, -0.2) is 0 Å². The summed E-state index contributed by atoms with van der Waals surface area (Å²) < 4.78 is 11.0. The van der Waals surface area contributed by atoms with E-state index in [4.69, 9.17) is 9.47 Å². The number of nitrogens with zero attached hydrogens (tertiary/aromatic N) is 1. The molecule has 2 N–H and O–H groups in total. The van der Waals surface area contributed by atoms with Crippen LogP contribution in [0.3, 0.4) is 0 Å². The third-order valence-corrected chi connectivity index (χ3v) is 4.83. The minimum Gasteiger partial charge on any atom is -0.486 e. The molecule has 26 heavy (non-hydrogen) atoms. The van der Waals surface area contributed by atoms with E-state index in [1.54, 1.807) is 23.1 Å². The minimum atomic E-state index is -0.209. The molecule has 2 amide bonds. The Morgan fingerprint density at radius 3 is 2.77 bits per heavy atom. The van der Waals surface area contributed by atoms with Gasteiger partial charge in [0, 0.05) is 30.3 Å². The Kier molecular flexibility index (Phi) is 5.98. The van der Waals surface area contributed by atoms with Crippen LogP contribution < -0.4 is 20.1 Å². The lowest BCUT2D eigenvalue weighted by atomic mass is 9.92. The quantitative estimate of drug-likeness (QED) is 0.833. The zero-order chi connectivity index (χ0) is 18.5. The van der Waals surface area contributed by atoms with E-state index in [1.165, 1.54) is 0 Å². The topological polar surface area (TPSA) is 79.9 Å².